The minimum absolute atomic E-state index is 0.717. The van der Waals surface area contributed by atoms with Crippen LogP contribution < -0.4 is 5.73 Å². The van der Waals surface area contributed by atoms with E-state index in [1.54, 1.807) is 18.0 Å². The van der Waals surface area contributed by atoms with Crippen LogP contribution in [0.4, 0.5) is 5.69 Å². The molecule has 0 saturated heterocycles. The molecular formula is C13H13ClN2S. The molecule has 0 radical (unpaired) electrons. The van der Waals surface area contributed by atoms with Crippen molar-refractivity contribution in [2.24, 2.45) is 0 Å². The molecule has 4 heteroatoms. The Bertz CT molecular complexity index is 485. The average Bonchev–Trinajstić information content (AvgIpc) is 2.34. The minimum Gasteiger partial charge on any atom is -0.399 e. The Morgan fingerprint density at radius 2 is 1.94 bits per heavy atom. The molecule has 1 aromatic heterocycles. The maximum absolute atomic E-state index is 6.03. The summed E-state index contributed by atoms with van der Waals surface area (Å²) in [5, 5.41) is 1.61. The second kappa shape index (κ2) is 5.94. The number of hydrogen-bond acceptors (Lipinski definition) is 3. The predicted molar refractivity (Wildman–Crippen MR) is 74.5 cm³/mol. The number of aryl methyl sites for hydroxylation is 1. The molecule has 0 unspecified atom stereocenters. The molecule has 0 aliphatic carbocycles. The highest BCUT2D eigenvalue weighted by Crippen LogP contribution is 2.24. The van der Waals surface area contributed by atoms with Gasteiger partial charge in [0.2, 0.25) is 0 Å². The molecule has 0 saturated carbocycles. The molecule has 2 rings (SSSR count). The van der Waals surface area contributed by atoms with Crippen LogP contribution in [0, 0.1) is 0 Å². The number of halogens is 1. The van der Waals surface area contributed by atoms with Crippen molar-refractivity contribution in [1.29, 1.82) is 0 Å². The van der Waals surface area contributed by atoms with Crippen molar-refractivity contribution in [2.75, 3.05) is 11.5 Å². The molecule has 0 fully saturated rings. The summed E-state index contributed by atoms with van der Waals surface area (Å²) in [6.07, 6.45) is 2.75. The third-order valence-corrected chi connectivity index (χ3v) is 3.76. The van der Waals surface area contributed by atoms with Gasteiger partial charge in [0.25, 0.3) is 0 Å². The number of nitrogen functional groups attached to an aromatic ring is 1. The molecule has 0 amide bonds. The Morgan fingerprint density at radius 3 is 2.65 bits per heavy atom. The van der Waals surface area contributed by atoms with E-state index in [0.717, 1.165) is 27.9 Å². The molecule has 0 aliphatic rings. The Kier molecular flexibility index (Phi) is 4.29. The van der Waals surface area contributed by atoms with Crippen molar-refractivity contribution >= 4 is 29.1 Å². The number of thioether (sulfide) groups is 1. The van der Waals surface area contributed by atoms with E-state index in [9.17, 15) is 0 Å². The van der Waals surface area contributed by atoms with Gasteiger partial charge >= 0.3 is 0 Å². The average molecular weight is 265 g/mol. The van der Waals surface area contributed by atoms with Gasteiger partial charge in [-0.3, -0.25) is 0 Å². The molecule has 1 aromatic carbocycles. The molecule has 2 nitrogen and oxygen atoms in total. The molecule has 2 aromatic rings. The number of anilines is 1. The molecule has 0 spiro atoms. The summed E-state index contributed by atoms with van der Waals surface area (Å²) in [5.74, 6) is 0.959. The zero-order chi connectivity index (χ0) is 12.1. The van der Waals surface area contributed by atoms with Gasteiger partial charge in [-0.2, -0.15) is 0 Å². The number of nitrogens with zero attached hydrogens (tertiary/aromatic N) is 1. The van der Waals surface area contributed by atoms with Crippen LogP contribution in [0.25, 0.3) is 0 Å². The number of pyridine rings is 1. The monoisotopic (exact) mass is 264 g/mol. The van der Waals surface area contributed by atoms with Crippen LogP contribution in [0.15, 0.2) is 47.6 Å². The van der Waals surface area contributed by atoms with E-state index in [-0.39, 0.29) is 0 Å². The van der Waals surface area contributed by atoms with Gasteiger partial charge in [-0.25, -0.2) is 4.98 Å². The van der Waals surface area contributed by atoms with Crippen LogP contribution in [-0.4, -0.2) is 10.7 Å². The molecule has 88 valence electrons. The lowest BCUT2D eigenvalue weighted by molar-refractivity contribution is 1.11. The van der Waals surface area contributed by atoms with Crippen molar-refractivity contribution in [3.63, 3.8) is 0 Å². The van der Waals surface area contributed by atoms with E-state index in [1.165, 1.54) is 5.56 Å². The van der Waals surface area contributed by atoms with Crippen LogP contribution in [0.2, 0.25) is 5.02 Å². The van der Waals surface area contributed by atoms with E-state index in [1.807, 2.05) is 24.3 Å². The minimum atomic E-state index is 0.717. The zero-order valence-corrected chi connectivity index (χ0v) is 10.8. The summed E-state index contributed by atoms with van der Waals surface area (Å²) in [6.45, 7) is 0. The smallest absolute Gasteiger partial charge is 0.115 e. The lowest BCUT2D eigenvalue weighted by atomic mass is 10.2. The Hall–Kier alpha value is -1.19. The van der Waals surface area contributed by atoms with Crippen molar-refractivity contribution in [2.45, 2.75) is 11.4 Å². The van der Waals surface area contributed by atoms with Gasteiger partial charge in [-0.05, 0) is 36.2 Å². The first-order valence-corrected chi connectivity index (χ1v) is 6.70. The fourth-order valence-electron chi connectivity index (χ4n) is 1.43. The Morgan fingerprint density at radius 1 is 1.18 bits per heavy atom. The maximum atomic E-state index is 6.03. The summed E-state index contributed by atoms with van der Waals surface area (Å²) in [5.41, 5.74) is 7.71. The number of benzene rings is 1. The molecule has 0 aliphatic heterocycles. The Labute approximate surface area is 110 Å². The number of hydrogen-bond donors (Lipinski definition) is 1. The molecular weight excluding hydrogens is 252 g/mol. The fraction of sp³-hybridized carbons (Fsp3) is 0.154. The van der Waals surface area contributed by atoms with E-state index < -0.39 is 0 Å². The van der Waals surface area contributed by atoms with Gasteiger partial charge in [-0.1, -0.05) is 23.7 Å². The van der Waals surface area contributed by atoms with Gasteiger partial charge in [0.1, 0.15) is 5.03 Å². The first-order chi connectivity index (χ1) is 8.25. The molecule has 0 bridgehead atoms. The van der Waals surface area contributed by atoms with E-state index in [4.69, 9.17) is 17.3 Å². The standard InChI is InChI=1S/C13H13ClN2S/c14-12-2-1-8-16-13(12)17-9-7-10-3-5-11(15)6-4-10/h1-6,8H,7,9,15H2. The van der Waals surface area contributed by atoms with Gasteiger partial charge < -0.3 is 5.73 Å². The van der Waals surface area contributed by atoms with Crippen LogP contribution in [0.3, 0.4) is 0 Å². The highest BCUT2D eigenvalue weighted by molar-refractivity contribution is 7.99. The van der Waals surface area contributed by atoms with Gasteiger partial charge in [0, 0.05) is 17.6 Å². The topological polar surface area (TPSA) is 38.9 Å². The second-order valence-electron chi connectivity index (χ2n) is 3.63. The highest BCUT2D eigenvalue weighted by atomic mass is 35.5. The molecule has 0 atom stereocenters. The van der Waals surface area contributed by atoms with Crippen molar-refractivity contribution in [3.8, 4) is 0 Å². The second-order valence-corrected chi connectivity index (χ2v) is 5.12. The maximum Gasteiger partial charge on any atom is 0.115 e. The van der Waals surface area contributed by atoms with Crippen LogP contribution in [0.5, 0.6) is 0 Å². The molecule has 2 N–H and O–H groups in total. The van der Waals surface area contributed by atoms with Crippen LogP contribution >= 0.6 is 23.4 Å². The van der Waals surface area contributed by atoms with Crippen LogP contribution in [0.1, 0.15) is 5.56 Å². The highest BCUT2D eigenvalue weighted by Gasteiger charge is 2.01. The lowest BCUT2D eigenvalue weighted by Gasteiger charge is -2.03. The number of rotatable bonds is 4. The van der Waals surface area contributed by atoms with Gasteiger partial charge in [-0.15, -0.1) is 11.8 Å². The van der Waals surface area contributed by atoms with E-state index >= 15 is 0 Å². The van der Waals surface area contributed by atoms with Crippen LogP contribution in [-0.2, 0) is 6.42 Å². The summed E-state index contributed by atoms with van der Waals surface area (Å²) in [4.78, 5) is 4.23. The number of nitrogens with two attached hydrogens (primary N) is 1. The van der Waals surface area contributed by atoms with Gasteiger partial charge in [0.15, 0.2) is 0 Å². The third kappa shape index (κ3) is 3.65. The summed E-state index contributed by atoms with van der Waals surface area (Å²) >= 11 is 7.70. The Balaban J connectivity index is 1.88. The fourth-order valence-corrected chi connectivity index (χ4v) is 2.58. The van der Waals surface area contributed by atoms with Gasteiger partial charge in [0.05, 0.1) is 5.02 Å². The third-order valence-electron chi connectivity index (χ3n) is 2.33. The van der Waals surface area contributed by atoms with E-state index in [2.05, 4.69) is 17.1 Å². The lowest BCUT2D eigenvalue weighted by Crippen LogP contribution is -1.91. The summed E-state index contributed by atoms with van der Waals surface area (Å²) in [6, 6.07) is 11.7. The largest absolute Gasteiger partial charge is 0.399 e. The molecule has 1 heterocycles. The normalized spacial score (nSPS) is 10.4. The predicted octanol–water partition coefficient (Wildman–Crippen LogP) is 3.65. The quantitative estimate of drug-likeness (QED) is 0.677. The van der Waals surface area contributed by atoms with E-state index in [0.29, 0.717) is 0 Å². The van der Waals surface area contributed by atoms with Crippen molar-refractivity contribution < 1.29 is 0 Å². The van der Waals surface area contributed by atoms with Crippen molar-refractivity contribution in [3.05, 3.63) is 53.2 Å². The molecule has 17 heavy (non-hydrogen) atoms. The summed E-state index contributed by atoms with van der Waals surface area (Å²) < 4.78 is 0. The SMILES string of the molecule is Nc1ccc(CCSc2ncccc2Cl)cc1. The first-order valence-electron chi connectivity index (χ1n) is 5.33. The van der Waals surface area contributed by atoms with Crippen molar-refractivity contribution in [1.82, 2.24) is 4.98 Å². The summed E-state index contributed by atoms with van der Waals surface area (Å²) in [7, 11) is 0. The number of aromatic nitrogens is 1. The zero-order valence-electron chi connectivity index (χ0n) is 9.27. The first kappa shape index (κ1) is 12.3.